The van der Waals surface area contributed by atoms with Gasteiger partial charge in [0, 0.05) is 21.8 Å². The molecule has 0 aliphatic rings. The summed E-state index contributed by atoms with van der Waals surface area (Å²) in [6, 6.07) is 9.60. The Morgan fingerprint density at radius 2 is 1.86 bits per heavy atom. The maximum atomic E-state index is 12.1. The summed E-state index contributed by atoms with van der Waals surface area (Å²) in [6.07, 6.45) is 0. The zero-order chi connectivity index (χ0) is 15.6. The molecule has 108 valence electrons. The number of aryl methyl sites for hydroxylation is 1. The minimum Gasteiger partial charge on any atom is -0.322 e. The third kappa shape index (κ3) is 3.68. The lowest BCUT2D eigenvalue weighted by atomic mass is 10.1. The van der Waals surface area contributed by atoms with Crippen molar-refractivity contribution >= 4 is 49.1 Å². The van der Waals surface area contributed by atoms with Crippen LogP contribution in [0.3, 0.4) is 0 Å². The Labute approximate surface area is 137 Å². The minimum absolute atomic E-state index is 0.0486. The first-order chi connectivity index (χ1) is 9.88. The first kappa shape index (κ1) is 15.7. The van der Waals surface area contributed by atoms with E-state index in [1.807, 2.05) is 6.92 Å². The lowest BCUT2D eigenvalue weighted by Crippen LogP contribution is -2.12. The van der Waals surface area contributed by atoms with Gasteiger partial charge in [-0.1, -0.05) is 15.9 Å². The van der Waals surface area contributed by atoms with E-state index in [1.54, 1.807) is 18.2 Å². The number of anilines is 1. The molecule has 0 aromatic heterocycles. The normalized spacial score (nSPS) is 10.2. The van der Waals surface area contributed by atoms with Crippen molar-refractivity contribution in [3.8, 4) is 0 Å². The molecule has 0 saturated heterocycles. The Morgan fingerprint density at radius 1 is 1.14 bits per heavy atom. The van der Waals surface area contributed by atoms with Crippen molar-refractivity contribution in [1.29, 1.82) is 0 Å². The third-order valence-electron chi connectivity index (χ3n) is 2.82. The summed E-state index contributed by atoms with van der Waals surface area (Å²) in [5.41, 5.74) is 1.91. The summed E-state index contributed by atoms with van der Waals surface area (Å²) in [5, 5.41) is 13.4. The molecule has 0 aliphatic heterocycles. The summed E-state index contributed by atoms with van der Waals surface area (Å²) in [5.74, 6) is -0.272. The maximum Gasteiger partial charge on any atom is 0.283 e. The average molecular weight is 414 g/mol. The van der Waals surface area contributed by atoms with Crippen molar-refractivity contribution in [2.75, 3.05) is 5.32 Å². The van der Waals surface area contributed by atoms with Crippen LogP contribution in [0.2, 0.25) is 0 Å². The number of nitro benzene ring substituents is 1. The van der Waals surface area contributed by atoms with Crippen LogP contribution in [-0.2, 0) is 0 Å². The number of carbonyl (C=O) groups excluding carboxylic acids is 1. The molecule has 0 bridgehead atoms. The maximum absolute atomic E-state index is 12.1. The molecule has 1 amide bonds. The number of nitro groups is 1. The molecule has 2 aromatic carbocycles. The molecule has 0 unspecified atom stereocenters. The van der Waals surface area contributed by atoms with E-state index in [-0.39, 0.29) is 11.6 Å². The average Bonchev–Trinajstić information content (AvgIpc) is 2.41. The van der Waals surface area contributed by atoms with E-state index in [0.29, 0.717) is 15.7 Å². The van der Waals surface area contributed by atoms with Crippen molar-refractivity contribution in [3.05, 3.63) is 66.6 Å². The highest BCUT2D eigenvalue weighted by Gasteiger charge is 2.13. The molecule has 2 aromatic rings. The lowest BCUT2D eigenvalue weighted by molar-refractivity contribution is -0.385. The van der Waals surface area contributed by atoms with Gasteiger partial charge in [0.25, 0.3) is 11.6 Å². The second-order valence-electron chi connectivity index (χ2n) is 4.34. The number of amides is 1. The fourth-order valence-corrected chi connectivity index (χ4v) is 2.49. The fourth-order valence-electron chi connectivity index (χ4n) is 1.72. The Bertz CT molecular complexity index is 732. The second-order valence-corrected chi connectivity index (χ2v) is 6.05. The van der Waals surface area contributed by atoms with Gasteiger partial charge in [0.05, 0.1) is 9.40 Å². The molecular formula is C14H10Br2N2O3. The molecule has 0 spiro atoms. The van der Waals surface area contributed by atoms with Crippen LogP contribution in [0.4, 0.5) is 11.4 Å². The van der Waals surface area contributed by atoms with Gasteiger partial charge >= 0.3 is 0 Å². The van der Waals surface area contributed by atoms with Crippen molar-refractivity contribution in [3.63, 3.8) is 0 Å². The predicted molar refractivity (Wildman–Crippen MR) is 87.6 cm³/mol. The Hall–Kier alpha value is -1.73. The SMILES string of the molecule is Cc1cc(C(=O)Nc2ccc([N+](=O)[O-])c(Br)c2)ccc1Br. The van der Waals surface area contributed by atoms with Crippen molar-refractivity contribution in [2.45, 2.75) is 6.92 Å². The molecule has 7 heteroatoms. The summed E-state index contributed by atoms with van der Waals surface area (Å²) < 4.78 is 1.24. The number of nitrogens with one attached hydrogen (secondary N) is 1. The quantitative estimate of drug-likeness (QED) is 0.586. The van der Waals surface area contributed by atoms with Crippen LogP contribution >= 0.6 is 31.9 Å². The Morgan fingerprint density at radius 3 is 2.43 bits per heavy atom. The van der Waals surface area contributed by atoms with Crippen molar-refractivity contribution in [2.24, 2.45) is 0 Å². The van der Waals surface area contributed by atoms with Gasteiger partial charge in [-0.3, -0.25) is 14.9 Å². The summed E-state index contributed by atoms with van der Waals surface area (Å²) in [4.78, 5) is 22.4. The van der Waals surface area contributed by atoms with Gasteiger partial charge in [0.1, 0.15) is 0 Å². The standard InChI is InChI=1S/C14H10Br2N2O3/c1-8-6-9(2-4-11(8)15)14(19)17-10-3-5-13(18(20)21)12(16)7-10/h2-7H,1H3,(H,17,19). The van der Waals surface area contributed by atoms with Crippen LogP contribution in [0.5, 0.6) is 0 Å². The van der Waals surface area contributed by atoms with E-state index in [2.05, 4.69) is 37.2 Å². The molecule has 1 N–H and O–H groups in total. The largest absolute Gasteiger partial charge is 0.322 e. The van der Waals surface area contributed by atoms with Crippen LogP contribution in [0, 0.1) is 17.0 Å². The van der Waals surface area contributed by atoms with Gasteiger partial charge in [-0.2, -0.15) is 0 Å². The van der Waals surface area contributed by atoms with E-state index in [4.69, 9.17) is 0 Å². The van der Waals surface area contributed by atoms with E-state index >= 15 is 0 Å². The molecule has 0 fully saturated rings. The predicted octanol–water partition coefficient (Wildman–Crippen LogP) is 4.68. The Kier molecular flexibility index (Phi) is 4.74. The number of hydrogen-bond acceptors (Lipinski definition) is 3. The summed E-state index contributed by atoms with van der Waals surface area (Å²) in [6.45, 7) is 1.89. The molecule has 0 heterocycles. The third-order valence-corrected chi connectivity index (χ3v) is 4.35. The van der Waals surface area contributed by atoms with Crippen LogP contribution in [-0.4, -0.2) is 10.8 Å². The number of hydrogen-bond donors (Lipinski definition) is 1. The monoisotopic (exact) mass is 412 g/mol. The molecule has 0 radical (unpaired) electrons. The van der Waals surface area contributed by atoms with E-state index in [9.17, 15) is 14.9 Å². The number of benzene rings is 2. The van der Waals surface area contributed by atoms with Gasteiger partial charge in [0.2, 0.25) is 0 Å². The van der Waals surface area contributed by atoms with Crippen molar-refractivity contribution in [1.82, 2.24) is 0 Å². The number of halogens is 2. The first-order valence-corrected chi connectivity index (χ1v) is 7.48. The topological polar surface area (TPSA) is 72.2 Å². The molecular weight excluding hydrogens is 404 g/mol. The number of rotatable bonds is 3. The molecule has 21 heavy (non-hydrogen) atoms. The van der Waals surface area contributed by atoms with Gasteiger partial charge < -0.3 is 5.32 Å². The van der Waals surface area contributed by atoms with E-state index in [1.165, 1.54) is 18.2 Å². The molecule has 0 saturated carbocycles. The first-order valence-electron chi connectivity index (χ1n) is 5.90. The van der Waals surface area contributed by atoms with Crippen LogP contribution in [0.15, 0.2) is 45.3 Å². The van der Waals surface area contributed by atoms with E-state index < -0.39 is 4.92 Å². The zero-order valence-electron chi connectivity index (χ0n) is 10.9. The van der Waals surface area contributed by atoms with Gasteiger partial charge in [-0.05, 0) is 58.7 Å². The minimum atomic E-state index is -0.492. The highest BCUT2D eigenvalue weighted by Crippen LogP contribution is 2.28. The van der Waals surface area contributed by atoms with Gasteiger partial charge in [-0.15, -0.1) is 0 Å². The van der Waals surface area contributed by atoms with Crippen LogP contribution in [0.25, 0.3) is 0 Å². The molecule has 0 aliphatic carbocycles. The Balaban J connectivity index is 2.21. The second kappa shape index (κ2) is 6.36. The van der Waals surface area contributed by atoms with E-state index in [0.717, 1.165) is 10.0 Å². The zero-order valence-corrected chi connectivity index (χ0v) is 14.1. The van der Waals surface area contributed by atoms with Gasteiger partial charge in [0.15, 0.2) is 0 Å². The van der Waals surface area contributed by atoms with Gasteiger partial charge in [-0.25, -0.2) is 0 Å². The molecule has 0 atom stereocenters. The van der Waals surface area contributed by atoms with Crippen LogP contribution in [0.1, 0.15) is 15.9 Å². The number of nitrogens with zero attached hydrogens (tertiary/aromatic N) is 1. The fraction of sp³-hybridized carbons (Fsp3) is 0.0714. The van der Waals surface area contributed by atoms with Crippen molar-refractivity contribution < 1.29 is 9.72 Å². The highest BCUT2D eigenvalue weighted by atomic mass is 79.9. The smallest absolute Gasteiger partial charge is 0.283 e. The summed E-state index contributed by atoms with van der Waals surface area (Å²) in [7, 11) is 0. The highest BCUT2D eigenvalue weighted by molar-refractivity contribution is 9.10. The number of carbonyl (C=O) groups is 1. The van der Waals surface area contributed by atoms with Crippen LogP contribution < -0.4 is 5.32 Å². The molecule has 2 rings (SSSR count). The summed E-state index contributed by atoms with van der Waals surface area (Å²) >= 11 is 6.49. The lowest BCUT2D eigenvalue weighted by Gasteiger charge is -2.07. The molecule has 5 nitrogen and oxygen atoms in total.